The smallest absolute Gasteiger partial charge is 0.315 e. The minimum Gasteiger partial charge on any atom is -0.430 e. The predicted molar refractivity (Wildman–Crippen MR) is 88.6 cm³/mol. The van der Waals surface area contributed by atoms with Crippen molar-refractivity contribution in [2.24, 2.45) is 0 Å². The number of hydrogen-bond acceptors (Lipinski definition) is 6. The van der Waals surface area contributed by atoms with Crippen molar-refractivity contribution in [3.63, 3.8) is 0 Å². The molecule has 4 fully saturated rings. The maximum absolute atomic E-state index is 10.6. The molecule has 1 unspecified atom stereocenters. The molecule has 122 valence electrons. The molecule has 1 N–H and O–H groups in total. The summed E-state index contributed by atoms with van der Waals surface area (Å²) in [6, 6.07) is 2.14. The Labute approximate surface area is 136 Å². The van der Waals surface area contributed by atoms with Gasteiger partial charge in [0.25, 0.3) is 0 Å². The molecule has 1 atom stereocenters. The van der Waals surface area contributed by atoms with E-state index in [-0.39, 0.29) is 0 Å². The van der Waals surface area contributed by atoms with Gasteiger partial charge < -0.3 is 19.8 Å². The van der Waals surface area contributed by atoms with E-state index in [1.54, 1.807) is 0 Å². The lowest BCUT2D eigenvalue weighted by molar-refractivity contribution is -0.109. The average Bonchev–Trinajstić information content (AvgIpc) is 2.60. The van der Waals surface area contributed by atoms with Gasteiger partial charge in [0.2, 0.25) is 6.41 Å². The fraction of sp³-hybridized carbons (Fsp3) is 0.667. The monoisotopic (exact) mass is 315 g/mol. The van der Waals surface area contributed by atoms with Gasteiger partial charge in [-0.2, -0.15) is 0 Å². The topological polar surface area (TPSA) is 70.6 Å². The zero-order valence-corrected chi connectivity index (χ0v) is 13.3. The molecule has 0 saturated carbocycles. The first-order chi connectivity index (χ1) is 11.3. The summed E-state index contributed by atoms with van der Waals surface area (Å²) in [4.78, 5) is 15.3. The fourth-order valence-corrected chi connectivity index (χ4v) is 3.77. The molecule has 5 heterocycles. The van der Waals surface area contributed by atoms with E-state index in [2.05, 4.69) is 31.4 Å². The third-order valence-corrected chi connectivity index (χ3v) is 4.97. The van der Waals surface area contributed by atoms with Crippen LogP contribution < -0.4 is 15.1 Å². The zero-order chi connectivity index (χ0) is 15.6. The summed E-state index contributed by atoms with van der Waals surface area (Å²) >= 11 is 0. The predicted octanol–water partition coefficient (Wildman–Crippen LogP) is 0.462. The molecule has 4 aliphatic heterocycles. The zero-order valence-electron chi connectivity index (χ0n) is 13.3. The van der Waals surface area contributed by atoms with Gasteiger partial charge in [-0.25, -0.2) is 0 Å². The maximum atomic E-state index is 10.6. The van der Waals surface area contributed by atoms with Crippen LogP contribution in [0.2, 0.25) is 6.32 Å². The van der Waals surface area contributed by atoms with Crippen molar-refractivity contribution in [2.75, 3.05) is 35.9 Å². The Morgan fingerprint density at radius 2 is 2.13 bits per heavy atom. The van der Waals surface area contributed by atoms with Crippen LogP contribution in [0.1, 0.15) is 25.0 Å². The molecule has 1 amide bonds. The fourth-order valence-electron chi connectivity index (χ4n) is 3.77. The molecule has 1 aromatic rings. The Hall–Kier alpha value is -1.83. The highest BCUT2D eigenvalue weighted by Gasteiger charge is 2.42. The Morgan fingerprint density at radius 1 is 1.30 bits per heavy atom. The lowest BCUT2D eigenvalue weighted by atomic mass is 9.54. The van der Waals surface area contributed by atoms with Gasteiger partial charge in [-0.3, -0.25) is 4.79 Å². The first kappa shape index (κ1) is 14.7. The van der Waals surface area contributed by atoms with Crippen LogP contribution in [-0.2, 0) is 16.0 Å². The van der Waals surface area contributed by atoms with Gasteiger partial charge in [0.05, 0.1) is 18.3 Å². The molecule has 0 radical (unpaired) electrons. The van der Waals surface area contributed by atoms with E-state index in [9.17, 15) is 4.79 Å². The van der Waals surface area contributed by atoms with Crippen molar-refractivity contribution in [2.45, 2.75) is 38.2 Å². The van der Waals surface area contributed by atoms with Gasteiger partial charge in [0.1, 0.15) is 5.69 Å². The normalized spacial score (nSPS) is 23.5. The largest absolute Gasteiger partial charge is 0.430 e. The van der Waals surface area contributed by atoms with Gasteiger partial charge in [-0.05, 0) is 25.6 Å². The third-order valence-electron chi connectivity index (χ3n) is 4.97. The molecule has 2 bridgehead atoms. The van der Waals surface area contributed by atoms with Crippen molar-refractivity contribution < 1.29 is 9.45 Å². The SMILES string of the molecule is O=CNCc1nnc(N2CB3CC(C2)O3)cc1N1CCCCC1. The van der Waals surface area contributed by atoms with Gasteiger partial charge in [0, 0.05) is 32.1 Å². The van der Waals surface area contributed by atoms with Crippen LogP contribution in [0.5, 0.6) is 0 Å². The van der Waals surface area contributed by atoms with Crippen molar-refractivity contribution in [3.05, 3.63) is 11.8 Å². The minimum atomic E-state index is 0.352. The van der Waals surface area contributed by atoms with Crippen LogP contribution >= 0.6 is 0 Å². The molecule has 5 rings (SSSR count). The highest BCUT2D eigenvalue weighted by molar-refractivity contribution is 6.56. The number of hydrogen-bond donors (Lipinski definition) is 1. The average molecular weight is 315 g/mol. The number of fused-ring (bicyclic) bond motifs is 2. The van der Waals surface area contributed by atoms with Crippen LogP contribution in [0, 0.1) is 0 Å². The van der Waals surface area contributed by atoms with Crippen LogP contribution in [-0.4, -0.2) is 55.7 Å². The van der Waals surface area contributed by atoms with E-state index >= 15 is 0 Å². The Kier molecular flexibility index (Phi) is 4.07. The molecule has 4 saturated heterocycles. The van der Waals surface area contributed by atoms with E-state index in [0.717, 1.165) is 43.3 Å². The number of anilines is 2. The Balaban J connectivity index is 1.59. The van der Waals surface area contributed by atoms with E-state index in [1.165, 1.54) is 25.6 Å². The summed E-state index contributed by atoms with van der Waals surface area (Å²) < 4.78 is 5.70. The molecule has 0 aromatic carbocycles. The van der Waals surface area contributed by atoms with Gasteiger partial charge in [0.15, 0.2) is 5.82 Å². The lowest BCUT2D eigenvalue weighted by Gasteiger charge is -2.45. The van der Waals surface area contributed by atoms with E-state index < -0.39 is 0 Å². The first-order valence-corrected chi connectivity index (χ1v) is 8.52. The van der Waals surface area contributed by atoms with E-state index in [1.807, 2.05) is 0 Å². The number of aromatic nitrogens is 2. The number of rotatable bonds is 5. The number of piperidine rings is 1. The van der Waals surface area contributed by atoms with Crippen molar-refractivity contribution in [1.82, 2.24) is 15.5 Å². The van der Waals surface area contributed by atoms with Crippen LogP contribution in [0.25, 0.3) is 0 Å². The summed E-state index contributed by atoms with van der Waals surface area (Å²) in [6.07, 6.45) is 6.84. The van der Waals surface area contributed by atoms with Crippen LogP contribution in [0.4, 0.5) is 11.5 Å². The minimum absolute atomic E-state index is 0.352. The molecular formula is C15H22BN5O2. The molecule has 0 spiro atoms. The van der Waals surface area contributed by atoms with Crippen LogP contribution in [0.3, 0.4) is 0 Å². The second-order valence-electron chi connectivity index (χ2n) is 6.60. The molecular weight excluding hydrogens is 293 g/mol. The van der Waals surface area contributed by atoms with Crippen molar-refractivity contribution in [3.8, 4) is 0 Å². The molecule has 4 aliphatic rings. The van der Waals surface area contributed by atoms with Crippen molar-refractivity contribution in [1.29, 1.82) is 0 Å². The van der Waals surface area contributed by atoms with Gasteiger partial charge >= 0.3 is 6.92 Å². The molecule has 1 aromatic heterocycles. The summed E-state index contributed by atoms with van der Waals surface area (Å²) in [6.45, 7) is 3.78. The lowest BCUT2D eigenvalue weighted by Crippen LogP contribution is -2.60. The van der Waals surface area contributed by atoms with E-state index in [4.69, 9.17) is 4.65 Å². The van der Waals surface area contributed by atoms with Gasteiger partial charge in [-0.15, -0.1) is 10.2 Å². The molecule has 8 heteroatoms. The summed E-state index contributed by atoms with van der Waals surface area (Å²) in [5.41, 5.74) is 1.96. The quantitative estimate of drug-likeness (QED) is 0.629. The maximum Gasteiger partial charge on any atom is 0.315 e. The molecule has 0 aliphatic carbocycles. The standard InChI is InChI=1S/C15H22BN5O2/c22-11-17-8-13-14(20-4-2-1-3-5-20)6-15(19-18-13)21-9-12-7-16(10-21)23-12/h6,11-12H,1-5,7-10H2,(H,17,22). The van der Waals surface area contributed by atoms with Crippen molar-refractivity contribution >= 4 is 24.8 Å². The summed E-state index contributed by atoms with van der Waals surface area (Å²) in [7, 11) is 0. The number of carbonyl (C=O) groups is 1. The first-order valence-electron chi connectivity index (χ1n) is 8.52. The Bertz CT molecular complexity index is 565. The third kappa shape index (κ3) is 2.99. The second kappa shape index (κ2) is 6.35. The van der Waals surface area contributed by atoms with Crippen LogP contribution in [0.15, 0.2) is 6.07 Å². The highest BCUT2D eigenvalue weighted by atomic mass is 16.5. The summed E-state index contributed by atoms with van der Waals surface area (Å²) in [5.74, 6) is 0.929. The number of nitrogens with one attached hydrogen (secondary N) is 1. The number of nitrogens with zero attached hydrogens (tertiary/aromatic N) is 4. The summed E-state index contributed by atoms with van der Waals surface area (Å²) in [5, 5.41) is 11.5. The van der Waals surface area contributed by atoms with Gasteiger partial charge in [-0.1, -0.05) is 0 Å². The highest BCUT2D eigenvalue weighted by Crippen LogP contribution is 2.31. The number of carbonyl (C=O) groups excluding carboxylic acids is 1. The second-order valence-corrected chi connectivity index (χ2v) is 6.60. The Morgan fingerprint density at radius 3 is 2.83 bits per heavy atom. The number of amides is 1. The van der Waals surface area contributed by atoms with E-state index in [0.29, 0.717) is 26.0 Å². The molecule has 23 heavy (non-hydrogen) atoms. The molecule has 7 nitrogen and oxygen atoms in total.